The van der Waals surface area contributed by atoms with E-state index >= 15 is 0 Å². The first-order valence-electron chi connectivity index (χ1n) is 20.1. The predicted octanol–water partition coefficient (Wildman–Crippen LogP) is 14.9. The van der Waals surface area contributed by atoms with Crippen molar-refractivity contribution >= 4 is 77.6 Å². The van der Waals surface area contributed by atoms with Crippen LogP contribution in [-0.4, -0.2) is 5.78 Å². The lowest BCUT2D eigenvalue weighted by molar-refractivity contribution is 0.103. The highest BCUT2D eigenvalue weighted by Crippen LogP contribution is 2.47. The molecule has 2 heteroatoms. The maximum Gasteiger partial charge on any atom is 0.194 e. The molecule has 9 aromatic rings. The Morgan fingerprint density at radius 3 is 1.33 bits per heavy atom. The Balaban J connectivity index is 1.19. The normalized spacial score (nSPS) is 13.1. The number of nitrogens with zero attached hydrogens (tertiary/aromatic N) is 1. The fraction of sp³-hybridized carbons (Fsp3) is 0.145. The standard InChI is InChI=1S/C55H45NO/c1-54(2,3)35-22-26-37(27-23-35)56(38-28-24-36(25-29-38)55(4,5)6)50-32-31-45-44-30-21-34(39-17-11-18-42(51(39)44)43-19-12-20-48(50)52(43)45)33-49-40-13-7-9-15-46(40)53(57)47-16-10-8-14-41(47)49/h7-33H,1-6H3. The molecule has 10 rings (SSSR count). The minimum absolute atomic E-state index is 0.0626. The third kappa shape index (κ3) is 5.58. The molecule has 0 saturated carbocycles. The zero-order chi connectivity index (χ0) is 39.2. The lowest BCUT2D eigenvalue weighted by atomic mass is 9.80. The average molecular weight is 736 g/mol. The zero-order valence-electron chi connectivity index (χ0n) is 33.4. The molecule has 0 spiro atoms. The summed E-state index contributed by atoms with van der Waals surface area (Å²) in [5, 5.41) is 9.95. The molecule has 2 nitrogen and oxygen atoms in total. The number of hydrogen-bond donors (Lipinski definition) is 0. The smallest absolute Gasteiger partial charge is 0.194 e. The molecule has 0 saturated heterocycles. The van der Waals surface area contributed by atoms with E-state index in [0.29, 0.717) is 0 Å². The fourth-order valence-electron chi connectivity index (χ4n) is 9.12. The Labute approximate surface area is 335 Å². The number of rotatable bonds is 4. The monoisotopic (exact) mass is 735 g/mol. The largest absolute Gasteiger partial charge is 0.310 e. The lowest BCUT2D eigenvalue weighted by Gasteiger charge is -2.29. The van der Waals surface area contributed by atoms with E-state index < -0.39 is 0 Å². The average Bonchev–Trinajstić information content (AvgIpc) is 3.22. The lowest BCUT2D eigenvalue weighted by Crippen LogP contribution is -2.14. The van der Waals surface area contributed by atoms with E-state index in [2.05, 4.69) is 174 Å². The molecular weight excluding hydrogens is 691 g/mol. The zero-order valence-corrected chi connectivity index (χ0v) is 33.4. The molecule has 0 unspecified atom stereocenters. The molecule has 0 atom stereocenters. The molecule has 0 amide bonds. The van der Waals surface area contributed by atoms with Crippen molar-refractivity contribution in [3.8, 4) is 0 Å². The van der Waals surface area contributed by atoms with Crippen molar-refractivity contribution in [2.75, 3.05) is 4.90 Å². The van der Waals surface area contributed by atoms with Gasteiger partial charge in [0, 0.05) is 27.9 Å². The van der Waals surface area contributed by atoms with E-state index in [9.17, 15) is 4.79 Å². The van der Waals surface area contributed by atoms with E-state index in [-0.39, 0.29) is 16.6 Å². The molecular formula is C55H45NO. The van der Waals surface area contributed by atoms with Gasteiger partial charge in [-0.3, -0.25) is 4.79 Å². The van der Waals surface area contributed by atoms with Crippen LogP contribution in [0.3, 0.4) is 0 Å². The molecule has 57 heavy (non-hydrogen) atoms. The van der Waals surface area contributed by atoms with Gasteiger partial charge in [0.15, 0.2) is 5.78 Å². The van der Waals surface area contributed by atoms with Crippen LogP contribution in [0, 0.1) is 0 Å². The number of ketones is 1. The molecule has 1 aliphatic rings. The number of benzene rings is 9. The molecule has 0 fully saturated rings. The summed E-state index contributed by atoms with van der Waals surface area (Å²) in [5.74, 6) is 0.0849. The van der Waals surface area contributed by atoms with Gasteiger partial charge in [0.05, 0.1) is 5.69 Å². The molecule has 1 aliphatic carbocycles. The quantitative estimate of drug-likeness (QED) is 0.132. The van der Waals surface area contributed by atoms with Gasteiger partial charge in [0.1, 0.15) is 0 Å². The summed E-state index contributed by atoms with van der Waals surface area (Å²) in [4.78, 5) is 16.0. The van der Waals surface area contributed by atoms with Crippen molar-refractivity contribution in [2.45, 2.75) is 52.4 Å². The summed E-state index contributed by atoms with van der Waals surface area (Å²) in [7, 11) is 0. The van der Waals surface area contributed by atoms with Crippen LogP contribution in [0.5, 0.6) is 0 Å². The van der Waals surface area contributed by atoms with Crippen molar-refractivity contribution in [1.29, 1.82) is 0 Å². The Hall–Kier alpha value is -6.51. The van der Waals surface area contributed by atoms with Crippen LogP contribution in [0.2, 0.25) is 0 Å². The van der Waals surface area contributed by atoms with Gasteiger partial charge in [0.25, 0.3) is 0 Å². The van der Waals surface area contributed by atoms with Crippen molar-refractivity contribution in [2.24, 2.45) is 0 Å². The van der Waals surface area contributed by atoms with E-state index in [1.165, 1.54) is 54.2 Å². The minimum Gasteiger partial charge on any atom is -0.310 e. The highest BCUT2D eigenvalue weighted by atomic mass is 16.1. The van der Waals surface area contributed by atoms with Gasteiger partial charge in [-0.1, -0.05) is 169 Å². The molecule has 276 valence electrons. The van der Waals surface area contributed by atoms with Gasteiger partial charge in [-0.15, -0.1) is 0 Å². The van der Waals surface area contributed by atoms with Crippen LogP contribution in [0.4, 0.5) is 17.1 Å². The van der Waals surface area contributed by atoms with Crippen LogP contribution < -0.4 is 4.90 Å². The van der Waals surface area contributed by atoms with E-state index in [1.54, 1.807) is 0 Å². The third-order valence-electron chi connectivity index (χ3n) is 12.1. The highest BCUT2D eigenvalue weighted by Gasteiger charge is 2.27. The van der Waals surface area contributed by atoms with Crippen molar-refractivity contribution in [3.63, 3.8) is 0 Å². The van der Waals surface area contributed by atoms with Crippen LogP contribution in [-0.2, 0) is 10.8 Å². The topological polar surface area (TPSA) is 20.3 Å². The van der Waals surface area contributed by atoms with Crippen LogP contribution in [0.1, 0.15) is 85.3 Å². The maximum atomic E-state index is 13.6. The predicted molar refractivity (Wildman–Crippen MR) is 243 cm³/mol. The van der Waals surface area contributed by atoms with Gasteiger partial charge in [-0.25, -0.2) is 0 Å². The Kier molecular flexibility index (Phi) is 7.82. The van der Waals surface area contributed by atoms with E-state index in [4.69, 9.17) is 0 Å². The summed E-state index contributed by atoms with van der Waals surface area (Å²) in [6.07, 6.45) is 2.29. The van der Waals surface area contributed by atoms with Gasteiger partial charge in [-0.2, -0.15) is 0 Å². The molecule has 0 heterocycles. The Morgan fingerprint density at radius 2 is 0.825 bits per heavy atom. The molecule has 0 aromatic heterocycles. The van der Waals surface area contributed by atoms with Gasteiger partial charge < -0.3 is 4.90 Å². The van der Waals surface area contributed by atoms with Crippen LogP contribution >= 0.6 is 0 Å². The number of anilines is 3. The molecule has 0 bridgehead atoms. The van der Waals surface area contributed by atoms with Crippen molar-refractivity contribution < 1.29 is 4.79 Å². The third-order valence-corrected chi connectivity index (χ3v) is 12.1. The van der Waals surface area contributed by atoms with Crippen molar-refractivity contribution in [3.05, 3.63) is 197 Å². The summed E-state index contributed by atoms with van der Waals surface area (Å²) in [5.41, 5.74) is 11.9. The molecule has 9 aromatic carbocycles. The second kappa shape index (κ2) is 12.8. The molecule has 0 aliphatic heterocycles. The first-order valence-corrected chi connectivity index (χ1v) is 20.1. The van der Waals surface area contributed by atoms with Crippen LogP contribution in [0.15, 0.2) is 158 Å². The number of hydrogen-bond acceptors (Lipinski definition) is 2. The summed E-state index contributed by atoms with van der Waals surface area (Å²) in [6.45, 7) is 13.6. The summed E-state index contributed by atoms with van der Waals surface area (Å²) >= 11 is 0. The number of carbonyl (C=O) groups is 1. The molecule has 0 radical (unpaired) electrons. The van der Waals surface area contributed by atoms with E-state index in [0.717, 1.165) is 50.5 Å². The number of fused-ring (bicyclic) bond motifs is 4. The maximum absolute atomic E-state index is 13.6. The second-order valence-electron chi connectivity index (χ2n) is 17.7. The number of carbonyl (C=O) groups excluding carboxylic acids is 1. The van der Waals surface area contributed by atoms with E-state index in [1.807, 2.05) is 36.4 Å². The first kappa shape index (κ1) is 34.9. The fourth-order valence-corrected chi connectivity index (χ4v) is 9.12. The van der Waals surface area contributed by atoms with Crippen molar-refractivity contribution in [1.82, 2.24) is 0 Å². The Bertz CT molecular complexity index is 2950. The van der Waals surface area contributed by atoms with Crippen LogP contribution in [0.25, 0.3) is 54.7 Å². The van der Waals surface area contributed by atoms with Gasteiger partial charge in [-0.05, 0) is 118 Å². The SMILES string of the molecule is CC(C)(C)c1ccc(N(c2ccc(C(C)(C)C)cc2)c2ccc3c4ccc(C=C5c6ccccc6C(=O)c6ccccc65)c5cccc(c6cccc2c63)c54)cc1. The molecule has 0 N–H and O–H groups in total. The van der Waals surface area contributed by atoms with Gasteiger partial charge >= 0.3 is 0 Å². The Morgan fingerprint density at radius 1 is 0.404 bits per heavy atom. The second-order valence-corrected chi connectivity index (χ2v) is 17.7. The highest BCUT2D eigenvalue weighted by molar-refractivity contribution is 6.35. The first-order chi connectivity index (χ1) is 27.5. The van der Waals surface area contributed by atoms with Gasteiger partial charge in [0.2, 0.25) is 0 Å². The summed E-state index contributed by atoms with van der Waals surface area (Å²) < 4.78 is 0. The minimum atomic E-state index is 0.0626. The summed E-state index contributed by atoms with van der Waals surface area (Å²) in [6, 6.07) is 57.0.